The van der Waals surface area contributed by atoms with Gasteiger partial charge in [-0.25, -0.2) is 30.2 Å². The Bertz CT molecular complexity index is 4190. The Morgan fingerprint density at radius 3 is 2.11 bits per heavy atom. The monoisotopic (exact) mass is 1360 g/mol. The molecule has 0 radical (unpaired) electrons. The Morgan fingerprint density at radius 2 is 1.53 bits per heavy atom. The normalized spacial score (nSPS) is 16.4. The van der Waals surface area contributed by atoms with Gasteiger partial charge in [-0.15, -0.1) is 0 Å². The third-order valence-electron chi connectivity index (χ3n) is 15.3. The summed E-state index contributed by atoms with van der Waals surface area (Å²) in [5.41, 5.74) is -8.09. The van der Waals surface area contributed by atoms with Crippen LogP contribution >= 0.6 is 19.4 Å². The number of phosphoric acid groups is 1. The zero-order chi connectivity index (χ0) is 67.1. The number of pyridine rings is 1. The zero-order valence-corrected chi connectivity index (χ0v) is 51.6. The average Bonchev–Trinajstić information content (AvgIpc) is 1.52. The lowest BCUT2D eigenvalue weighted by atomic mass is 9.77. The summed E-state index contributed by atoms with van der Waals surface area (Å²) in [5.74, 6) is -16.1. The van der Waals surface area contributed by atoms with E-state index < -0.39 is 204 Å². The molecule has 0 aliphatic heterocycles. The Labute approximate surface area is 511 Å². The van der Waals surface area contributed by atoms with E-state index in [1.807, 2.05) is 0 Å². The van der Waals surface area contributed by atoms with E-state index in [1.54, 1.807) is 0 Å². The Morgan fingerprint density at radius 1 is 0.900 bits per heavy atom. The molecule has 21 nitrogen and oxygen atoms in total. The van der Waals surface area contributed by atoms with Crippen LogP contribution in [0.5, 0.6) is 5.75 Å². The van der Waals surface area contributed by atoms with Gasteiger partial charge in [0.1, 0.15) is 42.7 Å². The minimum atomic E-state index is -5.50. The summed E-state index contributed by atoms with van der Waals surface area (Å²) in [5, 5.41) is 19.9. The first kappa shape index (κ1) is 68.7. The number of nitrogens with zero attached hydrogens (tertiary/aromatic N) is 6. The topological polar surface area (TPSA) is 299 Å². The molecule has 0 bridgehead atoms. The molecule has 8 rings (SSSR count). The van der Waals surface area contributed by atoms with Gasteiger partial charge in [-0.05, 0) is 99.4 Å². The number of fused-ring (bicyclic) bond motifs is 4. The molecule has 1 saturated carbocycles. The van der Waals surface area contributed by atoms with Crippen molar-refractivity contribution in [2.75, 3.05) is 23.4 Å². The third kappa shape index (κ3) is 14.9. The van der Waals surface area contributed by atoms with E-state index >= 15 is 22.4 Å². The summed E-state index contributed by atoms with van der Waals surface area (Å²) in [4.78, 5) is 78.4. The number of alkyl halides is 8. The van der Waals surface area contributed by atoms with Crippen LogP contribution in [-0.4, -0.2) is 110 Å². The molecule has 2 aliphatic rings. The van der Waals surface area contributed by atoms with Crippen molar-refractivity contribution in [3.8, 4) is 16.9 Å². The molecule has 35 heteroatoms. The van der Waals surface area contributed by atoms with Crippen molar-refractivity contribution in [2.45, 2.75) is 127 Å². The number of amides is 3. The smallest absolute Gasteiger partial charge is 0.480 e. The number of carboxylic acids is 1. The van der Waals surface area contributed by atoms with Crippen molar-refractivity contribution in [1.29, 1.82) is 0 Å². The summed E-state index contributed by atoms with van der Waals surface area (Å²) in [6.07, 6.45) is -12.4. The number of nitrogens with one attached hydrogen (secondary N) is 2. The predicted octanol–water partition coefficient (Wildman–Crippen LogP) is 9.06. The van der Waals surface area contributed by atoms with Crippen LogP contribution in [0.4, 0.5) is 49.7 Å². The molecule has 2 aliphatic carbocycles. The second-order valence-electron chi connectivity index (χ2n) is 23.3. The number of carbonyl (C=O) groups excluding carboxylic acids is 3. The predicted molar refractivity (Wildman–Crippen MR) is 302 cm³/mol. The van der Waals surface area contributed by atoms with Gasteiger partial charge in [-0.1, -0.05) is 43.6 Å². The summed E-state index contributed by atoms with van der Waals surface area (Å²) in [7, 11) is -14.4. The number of hydrogen-bond acceptors (Lipinski definition) is 13. The van der Waals surface area contributed by atoms with E-state index in [-0.39, 0.29) is 66.4 Å². The minimum Gasteiger partial charge on any atom is -0.480 e. The average molecular weight is 1360 g/mol. The second kappa shape index (κ2) is 24.1. The first-order chi connectivity index (χ1) is 41.2. The van der Waals surface area contributed by atoms with Gasteiger partial charge in [-0.2, -0.15) is 49.6 Å². The zero-order valence-electron chi connectivity index (χ0n) is 48.3. The molecule has 3 heterocycles. The number of rotatable bonds is 23. The van der Waals surface area contributed by atoms with Crippen molar-refractivity contribution in [2.24, 2.45) is 5.92 Å². The number of aromatic nitrogens is 5. The first-order valence-electron chi connectivity index (χ1n) is 26.8. The maximum absolute atomic E-state index is 15.8. The van der Waals surface area contributed by atoms with Crippen LogP contribution in [0.1, 0.15) is 110 Å². The Kier molecular flexibility index (Phi) is 18.4. The van der Waals surface area contributed by atoms with Gasteiger partial charge in [0.05, 0.1) is 45.1 Å². The van der Waals surface area contributed by atoms with Gasteiger partial charge in [0.2, 0.25) is 27.7 Å². The number of phosphoric ester groups is 1. The molecule has 3 aromatic heterocycles. The van der Waals surface area contributed by atoms with Gasteiger partial charge < -0.3 is 20.3 Å². The summed E-state index contributed by atoms with van der Waals surface area (Å²) in [6.45, 7) is 2.30. The lowest BCUT2D eigenvalue weighted by molar-refractivity contribution is -0.143. The van der Waals surface area contributed by atoms with E-state index in [2.05, 4.69) is 20.8 Å². The fraction of sp³-hybridized carbons (Fsp3) is 0.436. The molecular weight excluding hydrogens is 1300 g/mol. The highest BCUT2D eigenvalue weighted by Gasteiger charge is 2.68. The van der Waals surface area contributed by atoms with E-state index in [4.69, 9.17) is 21.1 Å². The van der Waals surface area contributed by atoms with E-state index in [0.29, 0.717) is 12.3 Å². The highest BCUT2D eigenvalue weighted by Crippen LogP contribution is 2.68. The van der Waals surface area contributed by atoms with Gasteiger partial charge in [0, 0.05) is 58.0 Å². The molecule has 5 N–H and O–H groups in total. The highest BCUT2D eigenvalue weighted by molar-refractivity contribution is 7.93. The Balaban J connectivity index is 1.33. The van der Waals surface area contributed by atoms with Crippen molar-refractivity contribution < 1.29 is 104 Å². The second-order valence-corrected chi connectivity index (χ2v) is 29.4. The third-order valence-corrected chi connectivity index (χ3v) is 19.3. The molecule has 0 spiro atoms. The molecular formula is C55H56ClF10N8O13PS2. The van der Waals surface area contributed by atoms with Crippen molar-refractivity contribution in [3.63, 3.8) is 0 Å². The van der Waals surface area contributed by atoms with Crippen molar-refractivity contribution in [1.82, 2.24) is 35.2 Å². The van der Waals surface area contributed by atoms with Crippen LogP contribution in [0, 0.1) is 24.5 Å². The quantitative estimate of drug-likeness (QED) is 0.0295. The minimum absolute atomic E-state index is 0.0207. The Hall–Kier alpha value is -7.19. The highest BCUT2D eigenvalue weighted by atomic mass is 35.5. The van der Waals surface area contributed by atoms with Crippen LogP contribution < -0.4 is 19.5 Å². The molecule has 1 fully saturated rings. The molecule has 3 amide bonds. The lowest BCUT2D eigenvalue weighted by Gasteiger charge is -2.31. The number of halogens is 11. The molecule has 90 heavy (non-hydrogen) atoms. The number of aryl methyl sites for hydroxylation is 2. The summed E-state index contributed by atoms with van der Waals surface area (Å²) >= 11 is 6.82. The van der Waals surface area contributed by atoms with Gasteiger partial charge >= 0.3 is 26.1 Å². The van der Waals surface area contributed by atoms with Gasteiger partial charge in [0.15, 0.2) is 21.3 Å². The molecule has 3 aromatic carbocycles. The van der Waals surface area contributed by atoms with Crippen LogP contribution in [0.2, 0.25) is 5.02 Å². The number of anilines is 1. The molecule has 1 unspecified atom stereocenters. The van der Waals surface area contributed by atoms with Crippen molar-refractivity contribution in [3.05, 3.63) is 122 Å². The van der Waals surface area contributed by atoms with Gasteiger partial charge in [-0.3, -0.25) is 43.3 Å². The molecule has 6 aromatic rings. The summed E-state index contributed by atoms with van der Waals surface area (Å²) < 4.78 is 220. The summed E-state index contributed by atoms with van der Waals surface area (Å²) in [6, 6.07) is 7.14. The molecule has 0 saturated heterocycles. The largest absolute Gasteiger partial charge is 0.524 e. The fourth-order valence-electron chi connectivity index (χ4n) is 11.2. The number of sulfone groups is 1. The standard InChI is InChI=1S/C55H56ClF10N8O13PS2/c1-26-14-28(19-39(75)67-23-42(78)79)45(38(15-26)87-88(80,81)82)51(2,3)22-41(77)74(90(7,85)86)50-44-36(56)11-10-33(47(44)73(71-50)25-53(59,60)61)32-9-8-31(12-13-52(4,5)89(6,83)84)68-46(32)37(18-27-16-29(57)20-30(58)17-27)69-40(76)24-72-49-43(48(70-72)55(64,65)66)34-21-35(34)54(49,62)63/h8-11,14-17,20,34-35,37H,12-13,18-19,21-25H2,1-7H3,(H,67,75)(H,69,76)(H,78,79)(H2,80,81,82)/t34-,35?,37-/m0/s1. The fourth-order valence-corrected chi connectivity index (χ4v) is 13.1. The van der Waals surface area contributed by atoms with Gasteiger partial charge in [0.25, 0.3) is 5.92 Å². The van der Waals surface area contributed by atoms with Crippen LogP contribution in [-0.2, 0) is 93.5 Å². The number of aliphatic carboxylic acids is 1. The van der Waals surface area contributed by atoms with Crippen LogP contribution in [0.15, 0.2) is 54.6 Å². The van der Waals surface area contributed by atoms with Crippen LogP contribution in [0.25, 0.3) is 22.0 Å². The lowest BCUT2D eigenvalue weighted by Crippen LogP contribution is -2.40. The number of carbonyl (C=O) groups is 4. The van der Waals surface area contributed by atoms with E-state index in [0.717, 1.165) is 36.6 Å². The number of sulfonamides is 1. The van der Waals surface area contributed by atoms with E-state index in [9.17, 15) is 77.0 Å². The maximum atomic E-state index is 15.8. The number of hydrogen-bond donors (Lipinski definition) is 5. The SMILES string of the molecule is Cc1cc(CC(=O)NCC(=O)O)c(C(C)(C)CC(=O)N(c2nn(CC(F)(F)F)c3c(-c4ccc(CCC(C)(C)S(C)(=O)=O)nc4[C@H](Cc4cc(F)cc(F)c4)NC(=O)Cn4nc(C(F)(F)F)c5c4C(F)(F)C4C[C@H]54)ccc(Cl)c23)S(C)(=O)=O)c(OP(=O)(O)O)c1. The van der Waals surface area contributed by atoms with Crippen LogP contribution in [0.3, 0.4) is 0 Å². The first-order valence-corrected chi connectivity index (χ1v) is 32.5. The molecule has 3 atom stereocenters. The maximum Gasteiger partial charge on any atom is 0.524 e. The van der Waals surface area contributed by atoms with E-state index in [1.165, 1.54) is 52.8 Å². The molecule has 488 valence electrons. The van der Waals surface area contributed by atoms with Crippen molar-refractivity contribution >= 4 is 79.7 Å². The number of benzene rings is 3. The number of carboxylic acid groups (broad SMARTS) is 1.